The van der Waals surface area contributed by atoms with Gasteiger partial charge in [-0.3, -0.25) is 0 Å². The molecule has 0 aliphatic carbocycles. The molecular weight excluding hydrogens is 290 g/mol. The highest BCUT2D eigenvalue weighted by Gasteiger charge is 2.27. The summed E-state index contributed by atoms with van der Waals surface area (Å²) in [6.45, 7) is 0. The van der Waals surface area contributed by atoms with Crippen molar-refractivity contribution in [1.29, 1.82) is 0 Å². The zero-order valence-electron chi connectivity index (χ0n) is 8.48. The van der Waals surface area contributed by atoms with E-state index in [-0.39, 0.29) is 0 Å². The van der Waals surface area contributed by atoms with Gasteiger partial charge in [0.15, 0.2) is 5.65 Å². The number of nitrogens with one attached hydrogen (secondary N) is 1. The Morgan fingerprint density at radius 3 is 2.17 bits per heavy atom. The van der Waals surface area contributed by atoms with Crippen LogP contribution in [0.3, 0.4) is 0 Å². The third-order valence-electron chi connectivity index (χ3n) is 1.31. The zero-order valence-corrected chi connectivity index (χ0v) is 10.3. The Balaban J connectivity index is 0.000000180. The lowest BCUT2D eigenvalue weighted by atomic mass is 10.6. The van der Waals surface area contributed by atoms with Gasteiger partial charge in [0.1, 0.15) is 11.8 Å². The van der Waals surface area contributed by atoms with Crippen molar-refractivity contribution >= 4 is 26.8 Å². The first-order chi connectivity index (χ1) is 8.17. The van der Waals surface area contributed by atoms with Crippen molar-refractivity contribution in [2.75, 3.05) is 0 Å². The predicted octanol–water partition coefficient (Wildman–Crippen LogP) is -0.459. The maximum absolute atomic E-state index is 9.63. The van der Waals surface area contributed by atoms with Gasteiger partial charge in [-0.2, -0.15) is 4.31 Å². The van der Waals surface area contributed by atoms with E-state index < -0.39 is 15.6 Å². The van der Waals surface area contributed by atoms with Gasteiger partial charge in [-0.05, 0) is 0 Å². The molecule has 2 aromatic heterocycles. The van der Waals surface area contributed by atoms with E-state index >= 15 is 0 Å². The number of hydrogen-bond donors (Lipinski definition) is 5. The fourth-order valence-electron chi connectivity index (χ4n) is 0.829. The van der Waals surface area contributed by atoms with Gasteiger partial charge in [0, 0.05) is 0 Å². The third kappa shape index (κ3) is 5.94. The Morgan fingerprint density at radius 1 is 1.11 bits per heavy atom. The molecule has 2 aromatic rings. The first-order valence-electron chi connectivity index (χ1n) is 4.09. The smallest absolute Gasteiger partial charge is 0.342 e. The van der Waals surface area contributed by atoms with Crippen LogP contribution in [-0.4, -0.2) is 39.5 Å². The largest absolute Gasteiger partial charge is 0.478 e. The first-order valence-corrected chi connectivity index (χ1v) is 7.15. The lowest BCUT2D eigenvalue weighted by Gasteiger charge is -2.03. The molecule has 0 aliphatic heterocycles. The Labute approximate surface area is 99.4 Å². The van der Waals surface area contributed by atoms with E-state index in [0.717, 1.165) is 5.52 Å². The summed E-state index contributed by atoms with van der Waals surface area (Å²) in [5.41, 5.74) is 1.59. The van der Waals surface area contributed by atoms with Crippen molar-refractivity contribution in [3.8, 4) is 0 Å². The topological polar surface area (TPSA) is 179 Å². The standard InChI is InChI=1S/C5H4N4.H4O7P2/c1-4-5(8-2-6-1)9-3-7-4;1-8(2,3)7-9(4,5)6/h1-3H,(H,6,7,8,9);(H2,1,2,3)(H2,4,5,6). The van der Waals surface area contributed by atoms with Crippen molar-refractivity contribution in [2.24, 2.45) is 0 Å². The van der Waals surface area contributed by atoms with Crippen LogP contribution < -0.4 is 0 Å². The molecule has 11 nitrogen and oxygen atoms in total. The van der Waals surface area contributed by atoms with E-state index in [1.165, 1.54) is 6.33 Å². The summed E-state index contributed by atoms with van der Waals surface area (Å²) in [7, 11) is -10.1. The number of nitrogens with zero attached hydrogens (tertiary/aromatic N) is 3. The van der Waals surface area contributed by atoms with Gasteiger partial charge in [-0.25, -0.2) is 24.1 Å². The quantitative estimate of drug-likeness (QED) is 0.455. The van der Waals surface area contributed by atoms with Gasteiger partial charge in [0.05, 0.1) is 12.5 Å². The molecule has 0 amide bonds. The number of fused-ring (bicyclic) bond motifs is 1. The van der Waals surface area contributed by atoms with Crippen LogP contribution in [0, 0.1) is 0 Å². The Hall–Kier alpha value is -1.19. The zero-order chi connectivity index (χ0) is 13.8. The molecule has 0 unspecified atom stereocenters. The highest BCUT2D eigenvalue weighted by atomic mass is 31.3. The van der Waals surface area contributed by atoms with E-state index in [2.05, 4.69) is 24.2 Å². The number of rotatable bonds is 2. The number of aromatic amines is 1. The Morgan fingerprint density at radius 2 is 1.72 bits per heavy atom. The number of H-pyrrole nitrogens is 1. The molecule has 0 spiro atoms. The molecule has 2 rings (SSSR count). The van der Waals surface area contributed by atoms with Crippen LogP contribution in [0.4, 0.5) is 0 Å². The van der Waals surface area contributed by atoms with Crippen molar-refractivity contribution in [2.45, 2.75) is 0 Å². The number of imidazole rings is 1. The van der Waals surface area contributed by atoms with Gasteiger partial charge in [0.25, 0.3) is 0 Å². The molecule has 0 saturated carbocycles. The fraction of sp³-hybridized carbons (Fsp3) is 0. The van der Waals surface area contributed by atoms with Crippen LogP contribution in [0.2, 0.25) is 0 Å². The van der Waals surface area contributed by atoms with Crippen molar-refractivity contribution in [3.05, 3.63) is 18.9 Å². The number of aromatic nitrogens is 4. The lowest BCUT2D eigenvalue weighted by Crippen LogP contribution is -1.84. The average molecular weight is 298 g/mol. The summed E-state index contributed by atoms with van der Waals surface area (Å²) < 4.78 is 22.2. The molecule has 0 aromatic carbocycles. The second-order valence-electron chi connectivity index (χ2n) is 2.73. The van der Waals surface area contributed by atoms with E-state index in [1.807, 2.05) is 0 Å². The summed E-state index contributed by atoms with van der Waals surface area (Å²) >= 11 is 0. The number of phosphoric acid groups is 2. The van der Waals surface area contributed by atoms with E-state index in [9.17, 15) is 9.13 Å². The van der Waals surface area contributed by atoms with Crippen LogP contribution in [0.1, 0.15) is 0 Å². The maximum atomic E-state index is 9.63. The molecule has 5 N–H and O–H groups in total. The van der Waals surface area contributed by atoms with E-state index in [4.69, 9.17) is 19.6 Å². The molecule has 100 valence electrons. The summed E-state index contributed by atoms with van der Waals surface area (Å²) in [6, 6.07) is 0. The highest BCUT2D eigenvalue weighted by molar-refractivity contribution is 7.60. The molecule has 0 fully saturated rings. The summed E-state index contributed by atoms with van der Waals surface area (Å²) in [6.07, 6.45) is 4.76. The summed E-state index contributed by atoms with van der Waals surface area (Å²) in [5.74, 6) is 0. The molecule has 0 radical (unpaired) electrons. The molecule has 13 heteroatoms. The third-order valence-corrected chi connectivity index (χ3v) is 3.01. The molecule has 0 aliphatic rings. The predicted molar refractivity (Wildman–Crippen MR) is 56.9 cm³/mol. The van der Waals surface area contributed by atoms with Crippen molar-refractivity contribution < 1.29 is 33.0 Å². The van der Waals surface area contributed by atoms with Crippen LogP contribution in [-0.2, 0) is 13.4 Å². The van der Waals surface area contributed by atoms with Crippen molar-refractivity contribution in [3.63, 3.8) is 0 Å². The maximum Gasteiger partial charge on any atom is 0.478 e. The van der Waals surface area contributed by atoms with Gasteiger partial charge >= 0.3 is 15.6 Å². The normalized spacial score (nSPS) is 12.0. The minimum Gasteiger partial charge on any atom is -0.342 e. The molecule has 18 heavy (non-hydrogen) atoms. The van der Waals surface area contributed by atoms with Crippen LogP contribution >= 0.6 is 15.6 Å². The van der Waals surface area contributed by atoms with Crippen molar-refractivity contribution in [1.82, 2.24) is 19.9 Å². The van der Waals surface area contributed by atoms with Gasteiger partial charge in [-0.1, -0.05) is 0 Å². The van der Waals surface area contributed by atoms with Crippen LogP contribution in [0.5, 0.6) is 0 Å². The summed E-state index contributed by atoms with van der Waals surface area (Å²) in [5, 5.41) is 0. The highest BCUT2D eigenvalue weighted by Crippen LogP contribution is 2.53. The molecular formula is C5H8N4O7P2. The van der Waals surface area contributed by atoms with Gasteiger partial charge in [0.2, 0.25) is 0 Å². The van der Waals surface area contributed by atoms with Gasteiger partial charge in [-0.15, -0.1) is 0 Å². The SMILES string of the molecule is O=P(O)(O)OP(=O)(O)O.c1ncc2[nH]cnc2n1. The Kier molecular flexibility index (Phi) is 4.65. The van der Waals surface area contributed by atoms with E-state index in [1.54, 1.807) is 12.5 Å². The Bertz CT molecular complexity index is 552. The summed E-state index contributed by atoms with van der Waals surface area (Å²) in [4.78, 5) is 45.5. The van der Waals surface area contributed by atoms with Crippen LogP contribution in [0.15, 0.2) is 18.9 Å². The fourth-order valence-corrected chi connectivity index (χ4v) is 1.94. The minimum atomic E-state index is -5.05. The first kappa shape index (κ1) is 14.9. The van der Waals surface area contributed by atoms with Gasteiger partial charge < -0.3 is 24.6 Å². The second kappa shape index (κ2) is 5.63. The minimum absolute atomic E-state index is 0.713. The second-order valence-corrected chi connectivity index (χ2v) is 5.34. The average Bonchev–Trinajstić information content (AvgIpc) is 2.59. The monoisotopic (exact) mass is 298 g/mol. The van der Waals surface area contributed by atoms with Crippen LogP contribution in [0.25, 0.3) is 11.2 Å². The lowest BCUT2D eigenvalue weighted by molar-refractivity contribution is 0.225. The molecule has 2 heterocycles. The number of hydrogen-bond acceptors (Lipinski definition) is 6. The molecule has 0 bridgehead atoms. The van der Waals surface area contributed by atoms with E-state index in [0.29, 0.717) is 5.65 Å². The molecule has 0 saturated heterocycles. The molecule has 0 atom stereocenters.